The van der Waals surface area contributed by atoms with Crippen molar-refractivity contribution in [1.82, 2.24) is 4.72 Å². The van der Waals surface area contributed by atoms with E-state index in [1.54, 1.807) is 42.2 Å². The summed E-state index contributed by atoms with van der Waals surface area (Å²) in [4.78, 5) is 13.6. The van der Waals surface area contributed by atoms with Crippen molar-refractivity contribution in [2.75, 3.05) is 11.4 Å². The van der Waals surface area contributed by atoms with E-state index in [4.69, 9.17) is 11.6 Å². The van der Waals surface area contributed by atoms with Gasteiger partial charge in [-0.25, -0.2) is 13.1 Å². The van der Waals surface area contributed by atoms with Gasteiger partial charge in [0, 0.05) is 29.7 Å². The van der Waals surface area contributed by atoms with E-state index in [2.05, 4.69) is 4.72 Å². The predicted molar refractivity (Wildman–Crippen MR) is 98.2 cm³/mol. The molecule has 0 radical (unpaired) electrons. The van der Waals surface area contributed by atoms with Gasteiger partial charge in [-0.1, -0.05) is 29.8 Å². The highest BCUT2D eigenvalue weighted by molar-refractivity contribution is 7.89. The van der Waals surface area contributed by atoms with Crippen LogP contribution < -0.4 is 9.62 Å². The van der Waals surface area contributed by atoms with E-state index in [-0.39, 0.29) is 10.8 Å². The summed E-state index contributed by atoms with van der Waals surface area (Å²) >= 11 is 6.13. The SMILES string of the molecule is CC(NS(=O)(=O)c1ccc(N2CCCC2=O)cc1)c1ccccc1Cl. The molecule has 0 bridgehead atoms. The maximum atomic E-state index is 12.6. The topological polar surface area (TPSA) is 66.5 Å². The van der Waals surface area contributed by atoms with Gasteiger partial charge in [-0.3, -0.25) is 4.79 Å². The molecule has 7 heteroatoms. The van der Waals surface area contributed by atoms with E-state index in [9.17, 15) is 13.2 Å². The second-order valence-corrected chi connectivity index (χ2v) is 8.13. The lowest BCUT2D eigenvalue weighted by molar-refractivity contribution is -0.117. The maximum absolute atomic E-state index is 12.6. The minimum Gasteiger partial charge on any atom is -0.312 e. The van der Waals surface area contributed by atoms with Crippen LogP contribution >= 0.6 is 11.6 Å². The average molecular weight is 379 g/mol. The summed E-state index contributed by atoms with van der Waals surface area (Å²) in [5, 5.41) is 0.514. The molecule has 1 N–H and O–H groups in total. The molecule has 1 aliphatic rings. The van der Waals surface area contributed by atoms with Crippen molar-refractivity contribution in [2.24, 2.45) is 0 Å². The molecule has 25 heavy (non-hydrogen) atoms. The summed E-state index contributed by atoms with van der Waals surface area (Å²) in [6, 6.07) is 13.0. The molecule has 1 amide bonds. The van der Waals surface area contributed by atoms with E-state index in [1.807, 2.05) is 6.07 Å². The number of anilines is 1. The molecule has 2 aromatic rings. The Morgan fingerprint density at radius 2 is 1.80 bits per heavy atom. The van der Waals surface area contributed by atoms with Gasteiger partial charge >= 0.3 is 0 Å². The first-order chi connectivity index (χ1) is 11.9. The smallest absolute Gasteiger partial charge is 0.241 e. The van der Waals surface area contributed by atoms with Crippen LogP contribution in [0.15, 0.2) is 53.4 Å². The van der Waals surface area contributed by atoms with Gasteiger partial charge in [0.25, 0.3) is 0 Å². The number of rotatable bonds is 5. The number of nitrogens with one attached hydrogen (secondary N) is 1. The number of amides is 1. The van der Waals surface area contributed by atoms with Gasteiger partial charge in [0.1, 0.15) is 0 Å². The number of hydrogen-bond acceptors (Lipinski definition) is 3. The van der Waals surface area contributed by atoms with Crippen LogP contribution in [0, 0.1) is 0 Å². The van der Waals surface area contributed by atoms with E-state index >= 15 is 0 Å². The molecule has 0 saturated carbocycles. The number of nitrogens with zero attached hydrogens (tertiary/aromatic N) is 1. The van der Waals surface area contributed by atoms with Crippen molar-refractivity contribution >= 4 is 33.2 Å². The summed E-state index contributed by atoms with van der Waals surface area (Å²) in [7, 11) is -3.69. The van der Waals surface area contributed by atoms with E-state index in [0.29, 0.717) is 23.6 Å². The van der Waals surface area contributed by atoms with Crippen molar-refractivity contribution in [1.29, 1.82) is 0 Å². The standard InChI is InChI=1S/C18H19ClN2O3S/c1-13(16-5-2-3-6-17(16)19)20-25(23,24)15-10-8-14(9-11-15)21-12-4-7-18(21)22/h2-3,5-6,8-11,13,20H,4,7,12H2,1H3. The molecule has 1 aliphatic heterocycles. The molecule has 1 saturated heterocycles. The average Bonchev–Trinajstić information content (AvgIpc) is 3.01. The van der Waals surface area contributed by atoms with Gasteiger partial charge in [-0.05, 0) is 49.2 Å². The zero-order valence-electron chi connectivity index (χ0n) is 13.8. The molecule has 1 atom stereocenters. The van der Waals surface area contributed by atoms with Crippen LogP contribution in [0.4, 0.5) is 5.69 Å². The van der Waals surface area contributed by atoms with Crippen LogP contribution in [0.2, 0.25) is 5.02 Å². The zero-order valence-corrected chi connectivity index (χ0v) is 15.3. The number of sulfonamides is 1. The van der Waals surface area contributed by atoms with Crippen molar-refractivity contribution in [3.63, 3.8) is 0 Å². The third-order valence-corrected chi connectivity index (χ3v) is 6.14. The molecule has 1 heterocycles. The lowest BCUT2D eigenvalue weighted by atomic mass is 10.1. The second-order valence-electron chi connectivity index (χ2n) is 6.01. The minimum absolute atomic E-state index is 0.0704. The van der Waals surface area contributed by atoms with Gasteiger partial charge in [0.05, 0.1) is 4.90 Å². The summed E-state index contributed by atoms with van der Waals surface area (Å²) in [6.45, 7) is 2.42. The van der Waals surface area contributed by atoms with E-state index < -0.39 is 16.1 Å². The van der Waals surface area contributed by atoms with E-state index in [0.717, 1.165) is 12.1 Å². The number of halogens is 1. The van der Waals surface area contributed by atoms with Crippen LogP contribution in [0.3, 0.4) is 0 Å². The Balaban J connectivity index is 1.78. The van der Waals surface area contributed by atoms with Crippen LogP contribution in [0.1, 0.15) is 31.4 Å². The quantitative estimate of drug-likeness (QED) is 0.865. The van der Waals surface area contributed by atoms with Crippen LogP contribution in [-0.4, -0.2) is 20.9 Å². The lowest BCUT2D eigenvalue weighted by Crippen LogP contribution is -2.27. The Kier molecular flexibility index (Phi) is 5.13. The van der Waals surface area contributed by atoms with Gasteiger partial charge in [-0.2, -0.15) is 0 Å². The molecule has 1 unspecified atom stereocenters. The Hall–Kier alpha value is -1.89. The van der Waals surface area contributed by atoms with Gasteiger partial charge in [0.15, 0.2) is 0 Å². The molecular formula is C18H19ClN2O3S. The third-order valence-electron chi connectivity index (χ3n) is 4.24. The Bertz CT molecular complexity index is 881. The lowest BCUT2D eigenvalue weighted by Gasteiger charge is -2.18. The Morgan fingerprint density at radius 3 is 2.40 bits per heavy atom. The highest BCUT2D eigenvalue weighted by atomic mass is 35.5. The first kappa shape index (κ1) is 17.9. The summed E-state index contributed by atoms with van der Waals surface area (Å²) in [6.07, 6.45) is 1.37. The molecule has 0 spiro atoms. The molecule has 2 aromatic carbocycles. The molecule has 0 aliphatic carbocycles. The number of carbonyl (C=O) groups excluding carboxylic acids is 1. The fourth-order valence-corrected chi connectivity index (χ4v) is 4.44. The summed E-state index contributed by atoms with van der Waals surface area (Å²) < 4.78 is 27.8. The first-order valence-electron chi connectivity index (χ1n) is 8.06. The first-order valence-corrected chi connectivity index (χ1v) is 9.92. The number of benzene rings is 2. The highest BCUT2D eigenvalue weighted by Crippen LogP contribution is 2.26. The minimum atomic E-state index is -3.69. The highest BCUT2D eigenvalue weighted by Gasteiger charge is 2.23. The van der Waals surface area contributed by atoms with Crippen LogP contribution in [-0.2, 0) is 14.8 Å². The molecule has 5 nitrogen and oxygen atoms in total. The van der Waals surface area contributed by atoms with Crippen LogP contribution in [0.25, 0.3) is 0 Å². The van der Waals surface area contributed by atoms with Crippen molar-refractivity contribution in [2.45, 2.75) is 30.7 Å². The maximum Gasteiger partial charge on any atom is 0.241 e. The van der Waals surface area contributed by atoms with Gasteiger partial charge in [-0.15, -0.1) is 0 Å². The normalized spacial score (nSPS) is 16.2. The predicted octanol–water partition coefficient (Wildman–Crippen LogP) is 3.51. The summed E-state index contributed by atoms with van der Waals surface area (Å²) in [5.41, 5.74) is 1.44. The molecule has 0 aromatic heterocycles. The molecule has 1 fully saturated rings. The molecule has 132 valence electrons. The van der Waals surface area contributed by atoms with Gasteiger partial charge < -0.3 is 4.90 Å². The monoisotopic (exact) mass is 378 g/mol. The Labute approximate surface area is 152 Å². The van der Waals surface area contributed by atoms with Crippen LogP contribution in [0.5, 0.6) is 0 Å². The second kappa shape index (κ2) is 7.15. The fraction of sp³-hybridized carbons (Fsp3) is 0.278. The van der Waals surface area contributed by atoms with E-state index in [1.165, 1.54) is 12.1 Å². The van der Waals surface area contributed by atoms with Crippen molar-refractivity contribution in [3.05, 3.63) is 59.1 Å². The molecular weight excluding hydrogens is 360 g/mol. The van der Waals surface area contributed by atoms with Crippen molar-refractivity contribution < 1.29 is 13.2 Å². The largest absolute Gasteiger partial charge is 0.312 e. The zero-order chi connectivity index (χ0) is 18.0. The summed E-state index contributed by atoms with van der Waals surface area (Å²) in [5.74, 6) is 0.0704. The molecule has 3 rings (SSSR count). The number of carbonyl (C=O) groups is 1. The fourth-order valence-electron chi connectivity index (χ4n) is 2.92. The van der Waals surface area contributed by atoms with Gasteiger partial charge in [0.2, 0.25) is 15.9 Å². The Morgan fingerprint density at radius 1 is 1.12 bits per heavy atom. The third kappa shape index (κ3) is 3.86. The number of hydrogen-bond donors (Lipinski definition) is 1. The van der Waals surface area contributed by atoms with Crippen molar-refractivity contribution in [3.8, 4) is 0 Å².